The summed E-state index contributed by atoms with van der Waals surface area (Å²) in [5, 5.41) is -5.77. The number of rotatable bonds is 3. The predicted octanol–water partition coefficient (Wildman–Crippen LogP) is 1.47. The van der Waals surface area contributed by atoms with Crippen molar-refractivity contribution < 1.29 is 30.4 Å². The first kappa shape index (κ1) is 13.6. The third-order valence-electron chi connectivity index (χ3n) is 1.06. The van der Waals surface area contributed by atoms with E-state index in [1.165, 1.54) is 4.72 Å². The van der Waals surface area contributed by atoms with E-state index in [1.807, 2.05) is 0 Å². The van der Waals surface area contributed by atoms with E-state index in [4.69, 9.17) is 0 Å². The highest BCUT2D eigenvalue weighted by Gasteiger charge is 2.67. The molecule has 0 rings (SSSR count). The maximum Gasteiger partial charge on any atom is 0.470 e. The molecule has 0 heterocycles. The maximum absolute atomic E-state index is 12.3. The van der Waals surface area contributed by atoms with Crippen LogP contribution in [0, 0.1) is 0 Å². The second-order valence-electron chi connectivity index (χ2n) is 2.79. The number of hydrogen-bond donors (Lipinski definition) is 1. The van der Waals surface area contributed by atoms with Crippen molar-refractivity contribution in [2.24, 2.45) is 0 Å². The van der Waals surface area contributed by atoms with Gasteiger partial charge in [-0.3, -0.25) is 0 Å². The molecular formula is C5H8F5NO2S. The highest BCUT2D eigenvalue weighted by Crippen LogP contribution is 2.39. The first-order valence-corrected chi connectivity index (χ1v) is 4.86. The molecule has 1 N–H and O–H groups in total. The Kier molecular flexibility index (Phi) is 3.50. The number of sulfonamides is 1. The van der Waals surface area contributed by atoms with Crippen LogP contribution in [0.2, 0.25) is 0 Å². The van der Waals surface area contributed by atoms with Gasteiger partial charge in [-0.25, -0.2) is 13.1 Å². The summed E-state index contributed by atoms with van der Waals surface area (Å²) in [5.41, 5.74) is 0. The van der Waals surface area contributed by atoms with Crippen molar-refractivity contribution in [2.45, 2.75) is 31.3 Å². The van der Waals surface area contributed by atoms with Crippen LogP contribution in [0.5, 0.6) is 0 Å². The minimum Gasteiger partial charge on any atom is -0.207 e. The van der Waals surface area contributed by atoms with E-state index in [0.717, 1.165) is 13.8 Å². The van der Waals surface area contributed by atoms with E-state index in [2.05, 4.69) is 0 Å². The quantitative estimate of drug-likeness (QED) is 0.760. The van der Waals surface area contributed by atoms with Crippen molar-refractivity contribution in [2.75, 3.05) is 0 Å². The summed E-state index contributed by atoms with van der Waals surface area (Å²) in [7, 11) is -5.73. The van der Waals surface area contributed by atoms with Crippen LogP contribution in [0.4, 0.5) is 22.0 Å². The van der Waals surface area contributed by atoms with Crippen LogP contribution in [0.25, 0.3) is 0 Å². The Bertz CT molecular complexity index is 294. The minimum absolute atomic E-state index is 1.03. The van der Waals surface area contributed by atoms with Crippen LogP contribution in [-0.4, -0.2) is 25.9 Å². The highest BCUT2D eigenvalue weighted by atomic mass is 32.2. The summed E-state index contributed by atoms with van der Waals surface area (Å²) >= 11 is 0. The fraction of sp³-hybridized carbons (Fsp3) is 1.00. The van der Waals surface area contributed by atoms with Gasteiger partial charge in [0.1, 0.15) is 0 Å². The number of halogens is 5. The normalized spacial score (nSPS) is 14.9. The molecule has 0 bridgehead atoms. The third kappa shape index (κ3) is 2.53. The molecule has 0 fully saturated rings. The first-order chi connectivity index (χ1) is 5.92. The fourth-order valence-corrected chi connectivity index (χ4v) is 1.61. The molecule has 0 aliphatic carbocycles. The van der Waals surface area contributed by atoms with Crippen LogP contribution in [0.15, 0.2) is 0 Å². The summed E-state index contributed by atoms with van der Waals surface area (Å²) in [6, 6.07) is -1.03. The average molecular weight is 241 g/mol. The van der Waals surface area contributed by atoms with Crippen LogP contribution in [-0.2, 0) is 10.0 Å². The molecule has 0 saturated heterocycles. The Morgan fingerprint density at radius 1 is 1.07 bits per heavy atom. The summed E-state index contributed by atoms with van der Waals surface area (Å²) in [6.45, 7) is 2.26. The van der Waals surface area contributed by atoms with Crippen molar-refractivity contribution in [1.29, 1.82) is 0 Å². The van der Waals surface area contributed by atoms with Gasteiger partial charge in [-0.1, -0.05) is 0 Å². The fourth-order valence-electron chi connectivity index (χ4n) is 0.537. The molecule has 9 heteroatoms. The van der Waals surface area contributed by atoms with Gasteiger partial charge in [-0.2, -0.15) is 22.0 Å². The Morgan fingerprint density at radius 2 is 1.43 bits per heavy atom. The summed E-state index contributed by atoms with van der Waals surface area (Å²) in [4.78, 5) is 0. The molecule has 0 radical (unpaired) electrons. The molecule has 0 aromatic heterocycles. The third-order valence-corrected chi connectivity index (χ3v) is 2.75. The van der Waals surface area contributed by atoms with Gasteiger partial charge in [0.05, 0.1) is 0 Å². The van der Waals surface area contributed by atoms with Crippen molar-refractivity contribution in [3.05, 3.63) is 0 Å². The van der Waals surface area contributed by atoms with Gasteiger partial charge >= 0.3 is 11.4 Å². The number of alkyl halides is 5. The van der Waals surface area contributed by atoms with E-state index in [9.17, 15) is 30.4 Å². The summed E-state index contributed by atoms with van der Waals surface area (Å²) < 4.78 is 81.6. The Balaban J connectivity index is 5.10. The Morgan fingerprint density at radius 3 is 1.64 bits per heavy atom. The molecule has 0 atom stereocenters. The molecular weight excluding hydrogens is 233 g/mol. The maximum atomic E-state index is 12.3. The van der Waals surface area contributed by atoms with Crippen molar-refractivity contribution in [3.63, 3.8) is 0 Å². The Hall–Kier alpha value is -0.440. The van der Waals surface area contributed by atoms with Gasteiger partial charge < -0.3 is 0 Å². The topological polar surface area (TPSA) is 46.2 Å². The van der Waals surface area contributed by atoms with E-state index in [0.29, 0.717) is 0 Å². The van der Waals surface area contributed by atoms with Gasteiger partial charge in [-0.05, 0) is 13.8 Å². The zero-order valence-electron chi connectivity index (χ0n) is 7.19. The van der Waals surface area contributed by atoms with Crippen LogP contribution >= 0.6 is 0 Å². The smallest absolute Gasteiger partial charge is 0.207 e. The largest absolute Gasteiger partial charge is 0.470 e. The van der Waals surface area contributed by atoms with E-state index in [1.54, 1.807) is 0 Å². The van der Waals surface area contributed by atoms with Crippen LogP contribution in [0.3, 0.4) is 0 Å². The van der Waals surface area contributed by atoms with Gasteiger partial charge in [-0.15, -0.1) is 0 Å². The molecule has 3 nitrogen and oxygen atoms in total. The molecule has 0 aromatic rings. The average Bonchev–Trinajstić information content (AvgIpc) is 1.80. The molecule has 86 valence electrons. The summed E-state index contributed by atoms with van der Waals surface area (Å²) in [5.74, 6) is 0. The standard InChI is InChI=1S/C5H8F5NO2S/c1-3(2)11-14(12,13)5(9,10)4(6,7)8/h3,11H,1-2H3. The lowest BCUT2D eigenvalue weighted by atomic mass is 10.4. The summed E-state index contributed by atoms with van der Waals surface area (Å²) in [6.07, 6.45) is -6.12. The van der Waals surface area contributed by atoms with Crippen molar-refractivity contribution in [1.82, 2.24) is 4.72 Å². The molecule has 0 saturated carbocycles. The molecule has 0 unspecified atom stereocenters. The van der Waals surface area contributed by atoms with E-state index < -0.39 is 27.5 Å². The van der Waals surface area contributed by atoms with Gasteiger partial charge in [0.15, 0.2) is 0 Å². The van der Waals surface area contributed by atoms with E-state index >= 15 is 0 Å². The predicted molar refractivity (Wildman–Crippen MR) is 38.2 cm³/mol. The Labute approximate surface area is 77.3 Å². The lowest BCUT2D eigenvalue weighted by Crippen LogP contribution is -2.51. The molecule has 0 amide bonds. The zero-order chi connectivity index (χ0) is 11.8. The zero-order valence-corrected chi connectivity index (χ0v) is 8.01. The van der Waals surface area contributed by atoms with Gasteiger partial charge in [0.25, 0.3) is 10.0 Å². The van der Waals surface area contributed by atoms with Crippen LogP contribution < -0.4 is 4.72 Å². The molecule has 0 aromatic carbocycles. The lowest BCUT2D eigenvalue weighted by Gasteiger charge is -2.21. The second kappa shape index (κ2) is 3.61. The van der Waals surface area contributed by atoms with Crippen molar-refractivity contribution in [3.8, 4) is 0 Å². The van der Waals surface area contributed by atoms with Crippen LogP contribution in [0.1, 0.15) is 13.8 Å². The van der Waals surface area contributed by atoms with Gasteiger partial charge in [0, 0.05) is 6.04 Å². The monoisotopic (exact) mass is 241 g/mol. The molecule has 0 spiro atoms. The first-order valence-electron chi connectivity index (χ1n) is 3.38. The molecule has 0 aliphatic heterocycles. The SMILES string of the molecule is CC(C)NS(=O)(=O)C(F)(F)C(F)(F)F. The number of nitrogens with one attached hydrogen (secondary N) is 1. The molecule has 0 aliphatic rings. The lowest BCUT2D eigenvalue weighted by molar-refractivity contribution is -0.241. The van der Waals surface area contributed by atoms with Crippen molar-refractivity contribution >= 4 is 10.0 Å². The number of hydrogen-bond acceptors (Lipinski definition) is 2. The highest BCUT2D eigenvalue weighted by molar-refractivity contribution is 7.90. The molecule has 14 heavy (non-hydrogen) atoms. The van der Waals surface area contributed by atoms with E-state index in [-0.39, 0.29) is 0 Å². The minimum atomic E-state index is -6.12. The second-order valence-corrected chi connectivity index (χ2v) is 4.55. The van der Waals surface area contributed by atoms with Gasteiger partial charge in [0.2, 0.25) is 0 Å².